The summed E-state index contributed by atoms with van der Waals surface area (Å²) in [5.41, 5.74) is 0.718. The molecule has 0 saturated carbocycles. The van der Waals surface area contributed by atoms with E-state index in [1.54, 1.807) is 12.1 Å². The number of ether oxygens (including phenoxy) is 1. The van der Waals surface area contributed by atoms with E-state index in [0.29, 0.717) is 4.90 Å². The van der Waals surface area contributed by atoms with Crippen LogP contribution in [0.5, 0.6) is 5.75 Å². The Kier molecular flexibility index (Phi) is 3.34. The normalized spacial score (nSPS) is 10.2. The number of benzene rings is 1. The first-order valence-electron chi connectivity index (χ1n) is 4.78. The average molecular weight is 251 g/mol. The van der Waals surface area contributed by atoms with E-state index in [1.807, 2.05) is 0 Å². The molecule has 0 aliphatic heterocycles. The highest BCUT2D eigenvalue weighted by atomic mass is 32.1. The van der Waals surface area contributed by atoms with Crippen LogP contribution < -0.4 is 4.74 Å². The van der Waals surface area contributed by atoms with Crippen molar-refractivity contribution in [1.82, 2.24) is 0 Å². The Morgan fingerprint density at radius 2 is 2.24 bits per heavy atom. The molecule has 0 amide bonds. The second kappa shape index (κ2) is 4.92. The molecule has 1 aromatic carbocycles. The minimum atomic E-state index is -0.496. The summed E-state index contributed by atoms with van der Waals surface area (Å²) in [5, 5.41) is 10.8. The van der Waals surface area contributed by atoms with Crippen molar-refractivity contribution in [1.29, 1.82) is 0 Å². The van der Waals surface area contributed by atoms with Crippen LogP contribution in [0.25, 0.3) is 0 Å². The van der Waals surface area contributed by atoms with Gasteiger partial charge < -0.3 is 9.15 Å². The summed E-state index contributed by atoms with van der Waals surface area (Å²) in [6.07, 6.45) is 3.04. The first-order chi connectivity index (χ1) is 8.16. The molecule has 0 fully saturated rings. The Labute approximate surface area is 103 Å². The molecule has 0 aliphatic rings. The first-order valence-corrected chi connectivity index (χ1v) is 5.23. The van der Waals surface area contributed by atoms with Crippen LogP contribution in [0.15, 0.2) is 46.1 Å². The number of hydrogen-bond donors (Lipinski definition) is 1. The molecule has 2 rings (SSSR count). The predicted octanol–water partition coefficient (Wildman–Crippen LogP) is 3.06. The number of rotatable bonds is 4. The van der Waals surface area contributed by atoms with Crippen LogP contribution in [0.1, 0.15) is 5.56 Å². The molecule has 0 bridgehead atoms. The number of nitro groups is 1. The molecule has 88 valence electrons. The smallest absolute Gasteiger partial charge is 0.312 e. The van der Waals surface area contributed by atoms with Crippen LogP contribution in [-0.4, -0.2) is 4.92 Å². The fraction of sp³-hybridized carbons (Fsp3) is 0.0909. The van der Waals surface area contributed by atoms with Crippen LogP contribution in [0.2, 0.25) is 0 Å². The minimum Gasteiger partial charge on any atom is -0.482 e. The molecule has 0 unspecified atom stereocenters. The maximum atomic E-state index is 10.8. The molecular formula is C11H9NO4S. The third-order valence-corrected chi connectivity index (χ3v) is 2.39. The first kappa shape index (κ1) is 11.5. The summed E-state index contributed by atoms with van der Waals surface area (Å²) in [5.74, 6) is 0.217. The largest absolute Gasteiger partial charge is 0.482 e. The molecule has 0 atom stereocenters. The lowest BCUT2D eigenvalue weighted by Crippen LogP contribution is -1.98. The summed E-state index contributed by atoms with van der Waals surface area (Å²) >= 11 is 4.05. The molecule has 0 N–H and O–H groups in total. The van der Waals surface area contributed by atoms with Crippen molar-refractivity contribution < 1.29 is 14.1 Å². The number of thiol groups is 1. The van der Waals surface area contributed by atoms with Crippen molar-refractivity contribution >= 4 is 18.3 Å². The summed E-state index contributed by atoms with van der Waals surface area (Å²) < 4.78 is 10.2. The zero-order valence-corrected chi connectivity index (χ0v) is 9.59. The van der Waals surface area contributed by atoms with E-state index in [4.69, 9.17) is 9.15 Å². The monoisotopic (exact) mass is 251 g/mol. The maximum Gasteiger partial charge on any atom is 0.312 e. The fourth-order valence-corrected chi connectivity index (χ4v) is 1.50. The van der Waals surface area contributed by atoms with Crippen molar-refractivity contribution in [2.75, 3.05) is 0 Å². The highest BCUT2D eigenvalue weighted by molar-refractivity contribution is 7.80. The highest BCUT2D eigenvalue weighted by Crippen LogP contribution is 2.29. The van der Waals surface area contributed by atoms with Gasteiger partial charge in [0.05, 0.1) is 17.4 Å². The number of furan rings is 1. The molecule has 1 aromatic heterocycles. The number of nitro benzene ring substituents is 1. The van der Waals surface area contributed by atoms with Gasteiger partial charge in [0.15, 0.2) is 5.75 Å². The zero-order valence-electron chi connectivity index (χ0n) is 8.70. The lowest BCUT2D eigenvalue weighted by atomic mass is 10.3. The Morgan fingerprint density at radius 3 is 2.88 bits per heavy atom. The molecule has 6 heteroatoms. The van der Waals surface area contributed by atoms with E-state index in [-0.39, 0.29) is 18.0 Å². The second-order valence-electron chi connectivity index (χ2n) is 3.33. The third-order valence-electron chi connectivity index (χ3n) is 2.11. The Hall–Kier alpha value is -1.95. The van der Waals surface area contributed by atoms with Gasteiger partial charge in [-0.15, -0.1) is 12.6 Å². The van der Waals surface area contributed by atoms with Crippen molar-refractivity contribution in [3.63, 3.8) is 0 Å². The lowest BCUT2D eigenvalue weighted by Gasteiger charge is -2.05. The Balaban J connectivity index is 2.17. The SMILES string of the molecule is O=[N+]([O-])c1cc(S)ccc1OCc1ccoc1. The van der Waals surface area contributed by atoms with Gasteiger partial charge in [0.2, 0.25) is 0 Å². The topological polar surface area (TPSA) is 65.5 Å². The standard InChI is InChI=1S/C11H9NO4S/c13-12(14)10-5-9(17)1-2-11(10)16-7-8-3-4-15-6-8/h1-6,17H,7H2. The van der Waals surface area contributed by atoms with Crippen LogP contribution >= 0.6 is 12.6 Å². The van der Waals surface area contributed by atoms with Gasteiger partial charge in [-0.3, -0.25) is 10.1 Å². The zero-order chi connectivity index (χ0) is 12.3. The van der Waals surface area contributed by atoms with E-state index < -0.39 is 4.92 Å². The summed E-state index contributed by atoms with van der Waals surface area (Å²) in [7, 11) is 0. The quantitative estimate of drug-likeness (QED) is 0.515. The molecular weight excluding hydrogens is 242 g/mol. The molecule has 17 heavy (non-hydrogen) atoms. The fourth-order valence-electron chi connectivity index (χ4n) is 1.31. The molecule has 0 spiro atoms. The van der Waals surface area contributed by atoms with Gasteiger partial charge in [-0.2, -0.15) is 0 Å². The van der Waals surface area contributed by atoms with Crippen LogP contribution in [0, 0.1) is 10.1 Å². The highest BCUT2D eigenvalue weighted by Gasteiger charge is 2.15. The Morgan fingerprint density at radius 1 is 1.41 bits per heavy atom. The summed E-state index contributed by atoms with van der Waals surface area (Å²) in [6.45, 7) is 0.225. The van der Waals surface area contributed by atoms with Crippen LogP contribution in [0.4, 0.5) is 5.69 Å². The van der Waals surface area contributed by atoms with Crippen molar-refractivity contribution in [3.8, 4) is 5.75 Å². The van der Waals surface area contributed by atoms with Crippen molar-refractivity contribution in [2.24, 2.45) is 0 Å². The van der Waals surface area contributed by atoms with Crippen molar-refractivity contribution in [2.45, 2.75) is 11.5 Å². The molecule has 2 aromatic rings. The molecule has 5 nitrogen and oxygen atoms in total. The van der Waals surface area contributed by atoms with E-state index in [9.17, 15) is 10.1 Å². The van der Waals surface area contributed by atoms with E-state index in [0.717, 1.165) is 5.56 Å². The summed E-state index contributed by atoms with van der Waals surface area (Å²) in [6, 6.07) is 6.26. The van der Waals surface area contributed by atoms with E-state index in [2.05, 4.69) is 12.6 Å². The van der Waals surface area contributed by atoms with Gasteiger partial charge in [-0.25, -0.2) is 0 Å². The predicted molar refractivity (Wildman–Crippen MR) is 63.4 cm³/mol. The Bertz CT molecular complexity index is 524. The lowest BCUT2D eigenvalue weighted by molar-refractivity contribution is -0.386. The molecule has 0 radical (unpaired) electrons. The minimum absolute atomic E-state index is 0.0963. The molecule has 0 saturated heterocycles. The van der Waals surface area contributed by atoms with Crippen LogP contribution in [0.3, 0.4) is 0 Å². The number of nitrogens with zero attached hydrogens (tertiary/aromatic N) is 1. The van der Waals surface area contributed by atoms with Gasteiger partial charge in [-0.05, 0) is 18.2 Å². The maximum absolute atomic E-state index is 10.8. The average Bonchev–Trinajstić information content (AvgIpc) is 2.80. The summed E-state index contributed by atoms with van der Waals surface area (Å²) in [4.78, 5) is 10.8. The molecule has 1 heterocycles. The van der Waals surface area contributed by atoms with Gasteiger partial charge in [-0.1, -0.05) is 0 Å². The van der Waals surface area contributed by atoms with Gasteiger partial charge in [0.25, 0.3) is 0 Å². The second-order valence-corrected chi connectivity index (χ2v) is 3.85. The van der Waals surface area contributed by atoms with E-state index >= 15 is 0 Å². The number of hydrogen-bond acceptors (Lipinski definition) is 5. The van der Waals surface area contributed by atoms with Gasteiger partial charge in [0, 0.05) is 16.5 Å². The van der Waals surface area contributed by atoms with Crippen molar-refractivity contribution in [3.05, 3.63) is 52.5 Å². The van der Waals surface area contributed by atoms with Crippen LogP contribution in [-0.2, 0) is 6.61 Å². The van der Waals surface area contributed by atoms with E-state index in [1.165, 1.54) is 24.7 Å². The van der Waals surface area contributed by atoms with Gasteiger partial charge >= 0.3 is 5.69 Å². The molecule has 0 aliphatic carbocycles. The third kappa shape index (κ3) is 2.79. The van der Waals surface area contributed by atoms with Gasteiger partial charge in [0.1, 0.15) is 6.61 Å².